The van der Waals surface area contributed by atoms with Crippen molar-refractivity contribution in [2.24, 2.45) is 0 Å². The number of benzene rings is 1. The Hall–Kier alpha value is -1.00. The molecule has 1 aromatic rings. The van der Waals surface area contributed by atoms with Crippen molar-refractivity contribution in [2.45, 2.75) is 25.2 Å². The van der Waals surface area contributed by atoms with Crippen LogP contribution in [0.2, 0.25) is 0 Å². The number of para-hydroxylation sites is 1. The summed E-state index contributed by atoms with van der Waals surface area (Å²) in [6, 6.07) is 9.35. The highest BCUT2D eigenvalue weighted by atomic mass is 32.2. The van der Waals surface area contributed by atoms with Crippen LogP contribution in [0.25, 0.3) is 0 Å². The zero-order chi connectivity index (χ0) is 12.0. The third-order valence-corrected chi connectivity index (χ3v) is 3.56. The number of aliphatic hydroxyl groups excluding tert-OH is 1. The molecule has 16 heavy (non-hydrogen) atoms. The van der Waals surface area contributed by atoms with Gasteiger partial charge in [-0.1, -0.05) is 25.1 Å². The first-order valence-corrected chi connectivity index (χ1v) is 6.29. The van der Waals surface area contributed by atoms with Crippen LogP contribution in [0.3, 0.4) is 0 Å². The van der Waals surface area contributed by atoms with E-state index < -0.39 is 6.10 Å². The van der Waals surface area contributed by atoms with Crippen molar-refractivity contribution < 1.29 is 9.90 Å². The van der Waals surface area contributed by atoms with Crippen LogP contribution in [0.4, 0.5) is 5.69 Å². The Labute approximate surface area is 100 Å². The van der Waals surface area contributed by atoms with E-state index in [-0.39, 0.29) is 11.2 Å². The molecule has 4 heteroatoms. The zero-order valence-corrected chi connectivity index (χ0v) is 10.3. The molecule has 3 nitrogen and oxygen atoms in total. The van der Waals surface area contributed by atoms with Crippen molar-refractivity contribution in [1.82, 2.24) is 0 Å². The molecule has 1 rings (SSSR count). The predicted octanol–water partition coefficient (Wildman–Crippen LogP) is 2.13. The normalized spacial score (nSPS) is 14.2. The molecule has 1 amide bonds. The highest BCUT2D eigenvalue weighted by Crippen LogP contribution is 2.14. The van der Waals surface area contributed by atoms with Gasteiger partial charge in [0.25, 0.3) is 0 Å². The van der Waals surface area contributed by atoms with Gasteiger partial charge < -0.3 is 10.4 Å². The lowest BCUT2D eigenvalue weighted by atomic mass is 10.3. The number of carbonyl (C=O) groups excluding carboxylic acids is 1. The van der Waals surface area contributed by atoms with Crippen LogP contribution in [0.15, 0.2) is 30.3 Å². The van der Waals surface area contributed by atoms with Gasteiger partial charge >= 0.3 is 0 Å². The van der Waals surface area contributed by atoms with E-state index in [4.69, 9.17) is 0 Å². The van der Waals surface area contributed by atoms with Crippen molar-refractivity contribution >= 4 is 23.4 Å². The van der Waals surface area contributed by atoms with Crippen molar-refractivity contribution in [3.63, 3.8) is 0 Å². The molecule has 0 aliphatic heterocycles. The molecule has 0 aliphatic rings. The maximum absolute atomic E-state index is 11.5. The van der Waals surface area contributed by atoms with Gasteiger partial charge in [-0.25, -0.2) is 0 Å². The fourth-order valence-corrected chi connectivity index (χ4v) is 1.83. The number of thioether (sulfide) groups is 1. The molecule has 2 unspecified atom stereocenters. The molecule has 0 bridgehead atoms. The minimum atomic E-state index is -0.394. The first kappa shape index (κ1) is 13.1. The summed E-state index contributed by atoms with van der Waals surface area (Å²) in [7, 11) is 0. The molecule has 0 aromatic heterocycles. The molecular weight excluding hydrogens is 222 g/mol. The number of nitrogens with one attached hydrogen (secondary N) is 1. The lowest BCUT2D eigenvalue weighted by molar-refractivity contribution is -0.113. The molecule has 2 N–H and O–H groups in total. The summed E-state index contributed by atoms with van der Waals surface area (Å²) in [5.41, 5.74) is 0.804. The largest absolute Gasteiger partial charge is 0.392 e. The molecule has 88 valence electrons. The molecule has 0 saturated heterocycles. The van der Waals surface area contributed by atoms with Crippen molar-refractivity contribution in [3.05, 3.63) is 30.3 Å². The van der Waals surface area contributed by atoms with E-state index in [0.717, 1.165) is 5.69 Å². The van der Waals surface area contributed by atoms with E-state index in [1.165, 1.54) is 11.8 Å². The molecular formula is C12H17NO2S. The summed E-state index contributed by atoms with van der Waals surface area (Å²) in [6.45, 7) is 3.64. The number of hydrogen-bond acceptors (Lipinski definition) is 3. The number of rotatable bonds is 5. The van der Waals surface area contributed by atoms with Crippen molar-refractivity contribution in [1.29, 1.82) is 0 Å². The second-order valence-electron chi connectivity index (χ2n) is 3.67. The van der Waals surface area contributed by atoms with Gasteiger partial charge in [-0.05, 0) is 19.1 Å². The van der Waals surface area contributed by atoms with Crippen LogP contribution in [0, 0.1) is 0 Å². The Bertz CT molecular complexity index is 327. The van der Waals surface area contributed by atoms with Gasteiger partial charge in [-0.2, -0.15) is 0 Å². The summed E-state index contributed by atoms with van der Waals surface area (Å²) in [5, 5.41) is 12.1. The summed E-state index contributed by atoms with van der Waals surface area (Å²) in [4.78, 5) is 11.5. The average molecular weight is 239 g/mol. The molecule has 0 heterocycles. The zero-order valence-electron chi connectivity index (χ0n) is 9.51. The van der Waals surface area contributed by atoms with Crippen LogP contribution in [0.5, 0.6) is 0 Å². The third-order valence-electron chi connectivity index (χ3n) is 2.21. The smallest absolute Gasteiger partial charge is 0.234 e. The van der Waals surface area contributed by atoms with Crippen molar-refractivity contribution in [2.75, 3.05) is 11.1 Å². The lowest BCUT2D eigenvalue weighted by Crippen LogP contribution is -2.20. The Kier molecular flexibility index (Phi) is 5.35. The number of amides is 1. The Morgan fingerprint density at radius 3 is 2.56 bits per heavy atom. The third kappa shape index (κ3) is 4.68. The molecule has 0 fully saturated rings. The van der Waals surface area contributed by atoms with Gasteiger partial charge in [-0.15, -0.1) is 11.8 Å². The van der Waals surface area contributed by atoms with Gasteiger partial charge in [0.1, 0.15) is 0 Å². The number of hydrogen-bond donors (Lipinski definition) is 2. The quantitative estimate of drug-likeness (QED) is 0.827. The molecule has 0 saturated carbocycles. The first-order valence-electron chi connectivity index (χ1n) is 5.24. The second kappa shape index (κ2) is 6.55. The molecule has 0 spiro atoms. The maximum atomic E-state index is 11.5. The van der Waals surface area contributed by atoms with Crippen LogP contribution in [0.1, 0.15) is 13.8 Å². The van der Waals surface area contributed by atoms with E-state index in [2.05, 4.69) is 5.32 Å². The fraction of sp³-hybridized carbons (Fsp3) is 0.417. The maximum Gasteiger partial charge on any atom is 0.234 e. The Balaban J connectivity index is 2.32. The Morgan fingerprint density at radius 2 is 2.00 bits per heavy atom. The van der Waals surface area contributed by atoms with E-state index in [1.54, 1.807) is 6.92 Å². The SMILES string of the molecule is CC(O)C(C)SCC(=O)Nc1ccccc1. The minimum Gasteiger partial charge on any atom is -0.392 e. The van der Waals surface area contributed by atoms with Gasteiger partial charge in [0.05, 0.1) is 11.9 Å². The highest BCUT2D eigenvalue weighted by Gasteiger charge is 2.11. The fourth-order valence-electron chi connectivity index (χ4n) is 1.06. The van der Waals surface area contributed by atoms with Gasteiger partial charge in [0, 0.05) is 10.9 Å². The lowest BCUT2D eigenvalue weighted by Gasteiger charge is -2.13. The monoisotopic (exact) mass is 239 g/mol. The summed E-state index contributed by atoms with van der Waals surface area (Å²) in [6.07, 6.45) is -0.394. The average Bonchev–Trinajstić information content (AvgIpc) is 2.27. The topological polar surface area (TPSA) is 49.3 Å². The standard InChI is InChI=1S/C12H17NO2S/c1-9(14)10(2)16-8-12(15)13-11-6-4-3-5-7-11/h3-7,9-10,14H,8H2,1-2H3,(H,13,15). The van der Waals surface area contributed by atoms with Gasteiger partial charge in [0.2, 0.25) is 5.91 Å². The van der Waals surface area contributed by atoms with Crippen LogP contribution in [-0.2, 0) is 4.79 Å². The summed E-state index contributed by atoms with van der Waals surface area (Å²) < 4.78 is 0. The predicted molar refractivity (Wildman–Crippen MR) is 68.7 cm³/mol. The van der Waals surface area contributed by atoms with Crippen molar-refractivity contribution in [3.8, 4) is 0 Å². The van der Waals surface area contributed by atoms with Crippen LogP contribution >= 0.6 is 11.8 Å². The van der Waals surface area contributed by atoms with Crippen LogP contribution < -0.4 is 5.32 Å². The highest BCUT2D eigenvalue weighted by molar-refractivity contribution is 8.00. The van der Waals surface area contributed by atoms with E-state index in [0.29, 0.717) is 5.75 Å². The van der Waals surface area contributed by atoms with Gasteiger partial charge in [-0.3, -0.25) is 4.79 Å². The molecule has 1 aromatic carbocycles. The Morgan fingerprint density at radius 1 is 1.38 bits per heavy atom. The van der Waals surface area contributed by atoms with Crippen LogP contribution in [-0.4, -0.2) is 28.1 Å². The van der Waals surface area contributed by atoms with E-state index in [1.807, 2.05) is 37.3 Å². The molecule has 0 aliphatic carbocycles. The molecule has 2 atom stereocenters. The second-order valence-corrected chi connectivity index (χ2v) is 5.04. The summed E-state index contributed by atoms with van der Waals surface area (Å²) in [5.74, 6) is 0.324. The van der Waals surface area contributed by atoms with Gasteiger partial charge in [0.15, 0.2) is 0 Å². The number of aliphatic hydroxyl groups is 1. The summed E-state index contributed by atoms with van der Waals surface area (Å²) >= 11 is 1.45. The van der Waals surface area contributed by atoms with E-state index in [9.17, 15) is 9.90 Å². The first-order chi connectivity index (χ1) is 7.59. The van der Waals surface area contributed by atoms with E-state index >= 15 is 0 Å². The molecule has 0 radical (unpaired) electrons. The minimum absolute atomic E-state index is 0.0382. The number of carbonyl (C=O) groups is 1. The number of anilines is 1.